The second kappa shape index (κ2) is 7.43. The first kappa shape index (κ1) is 19.1. The van der Waals surface area contributed by atoms with Gasteiger partial charge < -0.3 is 15.1 Å². The van der Waals surface area contributed by atoms with Gasteiger partial charge in [0.25, 0.3) is 0 Å². The highest BCUT2D eigenvalue weighted by Crippen LogP contribution is 2.33. The Labute approximate surface area is 180 Å². The van der Waals surface area contributed by atoms with Crippen LogP contribution >= 0.6 is 0 Å². The molecular formula is C26H23N3O2. The Morgan fingerprint density at radius 2 is 1.61 bits per heavy atom. The third kappa shape index (κ3) is 3.28. The SMILES string of the molecule is CCN(CC)c1ccc2nc3c4ccc(-c5ccc(N)cc5)cc4c(=O)cc-3oc2c1. The molecule has 0 unspecified atom stereocenters. The third-order valence-corrected chi connectivity index (χ3v) is 5.80. The molecular weight excluding hydrogens is 386 g/mol. The van der Waals surface area contributed by atoms with Gasteiger partial charge in [-0.3, -0.25) is 4.79 Å². The fourth-order valence-corrected chi connectivity index (χ4v) is 4.10. The van der Waals surface area contributed by atoms with Crippen LogP contribution < -0.4 is 16.1 Å². The maximum Gasteiger partial charge on any atom is 0.190 e. The van der Waals surface area contributed by atoms with Crippen molar-refractivity contribution in [2.75, 3.05) is 23.7 Å². The summed E-state index contributed by atoms with van der Waals surface area (Å²) in [5.74, 6) is 0.502. The first-order valence-electron chi connectivity index (χ1n) is 10.5. The lowest BCUT2D eigenvalue weighted by Gasteiger charge is -2.21. The van der Waals surface area contributed by atoms with Crippen LogP contribution in [0.25, 0.3) is 44.5 Å². The number of aromatic nitrogens is 1. The van der Waals surface area contributed by atoms with Crippen molar-refractivity contribution < 1.29 is 4.42 Å². The zero-order valence-electron chi connectivity index (χ0n) is 17.6. The molecule has 5 heteroatoms. The largest absolute Gasteiger partial charge is 0.453 e. The highest BCUT2D eigenvalue weighted by atomic mass is 16.3. The lowest BCUT2D eigenvalue weighted by atomic mass is 9.98. The van der Waals surface area contributed by atoms with E-state index in [0.29, 0.717) is 28.1 Å². The van der Waals surface area contributed by atoms with Gasteiger partial charge in [-0.2, -0.15) is 0 Å². The van der Waals surface area contributed by atoms with Crippen molar-refractivity contribution in [1.82, 2.24) is 4.98 Å². The molecule has 2 N–H and O–H groups in total. The van der Waals surface area contributed by atoms with E-state index in [0.717, 1.165) is 40.8 Å². The number of benzene rings is 4. The molecule has 2 aliphatic rings. The molecule has 0 bridgehead atoms. The number of anilines is 2. The number of rotatable bonds is 4. The molecule has 3 aromatic carbocycles. The second-order valence-electron chi connectivity index (χ2n) is 7.64. The average Bonchev–Trinajstić information content (AvgIpc) is 2.79. The van der Waals surface area contributed by atoms with Crippen LogP contribution in [0.4, 0.5) is 11.4 Å². The van der Waals surface area contributed by atoms with Gasteiger partial charge in [0.15, 0.2) is 16.8 Å². The summed E-state index contributed by atoms with van der Waals surface area (Å²) < 4.78 is 6.14. The van der Waals surface area contributed by atoms with E-state index >= 15 is 0 Å². The van der Waals surface area contributed by atoms with Crippen LogP contribution in [0.3, 0.4) is 0 Å². The van der Waals surface area contributed by atoms with Crippen LogP contribution in [0.5, 0.6) is 0 Å². The standard InChI is InChI=1S/C26H23N3O2/c1-3-29(4-2)19-10-12-22-24(14-19)31-25-15-23(30)21-13-17(7-11-20(21)26(25)28-22)16-5-8-18(27)9-6-16/h5-15H,3-4,27H2,1-2H3. The van der Waals surface area contributed by atoms with Crippen LogP contribution in [-0.2, 0) is 0 Å². The van der Waals surface area contributed by atoms with Crippen LogP contribution in [0.1, 0.15) is 13.8 Å². The molecule has 1 aliphatic carbocycles. The van der Waals surface area contributed by atoms with Gasteiger partial charge in [-0.25, -0.2) is 4.98 Å². The summed E-state index contributed by atoms with van der Waals surface area (Å²) in [7, 11) is 0. The topological polar surface area (TPSA) is 72.4 Å². The van der Waals surface area contributed by atoms with E-state index in [9.17, 15) is 4.79 Å². The predicted octanol–water partition coefficient (Wildman–Crippen LogP) is 5.54. The second-order valence-corrected chi connectivity index (χ2v) is 7.64. The minimum Gasteiger partial charge on any atom is -0.453 e. The van der Waals surface area contributed by atoms with E-state index in [4.69, 9.17) is 15.1 Å². The normalized spacial score (nSPS) is 11.4. The summed E-state index contributed by atoms with van der Waals surface area (Å²) in [6, 6.07) is 21.1. The molecule has 5 rings (SSSR count). The van der Waals surface area contributed by atoms with Gasteiger partial charge >= 0.3 is 0 Å². The molecule has 0 atom stereocenters. The Morgan fingerprint density at radius 1 is 0.871 bits per heavy atom. The monoisotopic (exact) mass is 409 g/mol. The molecule has 5 nitrogen and oxygen atoms in total. The van der Waals surface area contributed by atoms with Crippen molar-refractivity contribution in [1.29, 1.82) is 0 Å². The van der Waals surface area contributed by atoms with Gasteiger partial charge in [-0.1, -0.05) is 24.3 Å². The number of fused-ring (bicyclic) bond motifs is 4. The van der Waals surface area contributed by atoms with Crippen LogP contribution in [0.2, 0.25) is 0 Å². The van der Waals surface area contributed by atoms with Gasteiger partial charge in [0.05, 0.1) is 0 Å². The van der Waals surface area contributed by atoms with Crippen molar-refractivity contribution in [3.05, 3.63) is 77.0 Å². The molecule has 0 amide bonds. The van der Waals surface area contributed by atoms with Crippen LogP contribution in [-0.4, -0.2) is 18.1 Å². The number of nitrogen functional groups attached to an aromatic ring is 1. The summed E-state index contributed by atoms with van der Waals surface area (Å²) in [6.07, 6.45) is 0. The minimum absolute atomic E-state index is 0.0791. The van der Waals surface area contributed by atoms with Crippen molar-refractivity contribution in [3.63, 3.8) is 0 Å². The zero-order valence-corrected chi connectivity index (χ0v) is 17.6. The first-order chi connectivity index (χ1) is 15.1. The van der Waals surface area contributed by atoms with E-state index in [-0.39, 0.29) is 5.43 Å². The van der Waals surface area contributed by atoms with E-state index in [1.807, 2.05) is 54.6 Å². The highest BCUT2D eigenvalue weighted by molar-refractivity contribution is 5.98. The smallest absolute Gasteiger partial charge is 0.190 e. The molecule has 154 valence electrons. The molecule has 0 saturated heterocycles. The molecule has 1 aliphatic heterocycles. The first-order valence-corrected chi connectivity index (χ1v) is 10.5. The summed E-state index contributed by atoms with van der Waals surface area (Å²) in [5, 5.41) is 1.42. The number of hydrogen-bond donors (Lipinski definition) is 1. The summed E-state index contributed by atoms with van der Waals surface area (Å²) in [5.41, 5.74) is 11.6. The molecule has 31 heavy (non-hydrogen) atoms. The molecule has 0 fully saturated rings. The van der Waals surface area contributed by atoms with Crippen LogP contribution in [0, 0.1) is 0 Å². The van der Waals surface area contributed by atoms with Gasteiger partial charge in [0.2, 0.25) is 0 Å². The van der Waals surface area contributed by atoms with Crippen molar-refractivity contribution in [2.24, 2.45) is 0 Å². The molecule has 0 spiro atoms. The van der Waals surface area contributed by atoms with Gasteiger partial charge in [-0.05, 0) is 55.3 Å². The Balaban J connectivity index is 1.70. The Morgan fingerprint density at radius 3 is 2.35 bits per heavy atom. The lowest BCUT2D eigenvalue weighted by Crippen LogP contribution is -2.21. The average molecular weight is 409 g/mol. The third-order valence-electron chi connectivity index (χ3n) is 5.80. The van der Waals surface area contributed by atoms with E-state index in [2.05, 4.69) is 24.8 Å². The highest BCUT2D eigenvalue weighted by Gasteiger charge is 2.17. The summed E-state index contributed by atoms with van der Waals surface area (Å²) >= 11 is 0. The van der Waals surface area contributed by atoms with Crippen molar-refractivity contribution >= 4 is 33.2 Å². The zero-order chi connectivity index (χ0) is 21.5. The van der Waals surface area contributed by atoms with Gasteiger partial charge in [0, 0.05) is 47.4 Å². The molecule has 0 aromatic heterocycles. The van der Waals surface area contributed by atoms with E-state index < -0.39 is 0 Å². The number of hydrogen-bond acceptors (Lipinski definition) is 5. The lowest BCUT2D eigenvalue weighted by molar-refractivity contribution is 0.613. The van der Waals surface area contributed by atoms with Crippen molar-refractivity contribution in [2.45, 2.75) is 13.8 Å². The minimum atomic E-state index is -0.0791. The number of nitrogens with zero attached hydrogens (tertiary/aromatic N) is 2. The summed E-state index contributed by atoms with van der Waals surface area (Å²) in [6.45, 7) is 6.07. The van der Waals surface area contributed by atoms with Crippen molar-refractivity contribution in [3.8, 4) is 22.6 Å². The predicted molar refractivity (Wildman–Crippen MR) is 128 cm³/mol. The van der Waals surface area contributed by atoms with Gasteiger partial charge in [0.1, 0.15) is 11.2 Å². The van der Waals surface area contributed by atoms with E-state index in [1.54, 1.807) is 6.07 Å². The molecule has 0 saturated carbocycles. The Kier molecular flexibility index (Phi) is 4.59. The van der Waals surface area contributed by atoms with Crippen LogP contribution in [0.15, 0.2) is 75.9 Å². The fraction of sp³-hybridized carbons (Fsp3) is 0.154. The molecule has 1 heterocycles. The Bertz CT molecular complexity index is 1430. The molecule has 0 radical (unpaired) electrons. The van der Waals surface area contributed by atoms with E-state index in [1.165, 1.54) is 0 Å². The quantitative estimate of drug-likeness (QED) is 0.240. The van der Waals surface area contributed by atoms with Gasteiger partial charge in [-0.15, -0.1) is 0 Å². The summed E-state index contributed by atoms with van der Waals surface area (Å²) in [4.78, 5) is 20.0. The maximum absolute atomic E-state index is 12.9. The fourth-order valence-electron chi connectivity index (χ4n) is 4.10. The Hall–Kier alpha value is -3.86. The maximum atomic E-state index is 12.9. The molecule has 3 aromatic rings. The number of nitrogens with two attached hydrogens (primary N) is 1.